The molecule has 0 saturated carbocycles. The lowest BCUT2D eigenvalue weighted by atomic mass is 9.93. The Morgan fingerprint density at radius 2 is 2.15 bits per heavy atom. The number of anilines is 1. The molecule has 3 N–H and O–H groups in total. The molecule has 0 spiro atoms. The van der Waals surface area contributed by atoms with Crippen molar-refractivity contribution in [3.8, 4) is 0 Å². The van der Waals surface area contributed by atoms with Gasteiger partial charge in [-0.15, -0.1) is 0 Å². The van der Waals surface area contributed by atoms with Crippen LogP contribution >= 0.6 is 0 Å². The molecule has 0 fully saturated rings. The van der Waals surface area contributed by atoms with E-state index in [0.29, 0.717) is 5.65 Å². The summed E-state index contributed by atoms with van der Waals surface area (Å²) >= 11 is 0. The maximum absolute atomic E-state index is 14.1. The number of aromatic nitrogens is 3. The standard InChI is InChI=1S/C14H17FN4O/c1-7-8(2)11(3-9(7)5-20)19-4-10(15)12-13(16)17-6-18-14(12)19/h3-4,6-8,11,20H,5H2,1-2H3,(H2,16,17,18)/t7-,8?,11-/m1/s1. The number of nitrogen functional groups attached to an aromatic ring is 1. The molecule has 0 bridgehead atoms. The number of nitrogens with two attached hydrogens (primary N) is 1. The van der Waals surface area contributed by atoms with Crippen LogP contribution in [0, 0.1) is 17.7 Å². The average molecular weight is 276 g/mol. The van der Waals surface area contributed by atoms with Crippen LogP contribution in [0.2, 0.25) is 0 Å². The normalized spacial score (nSPS) is 26.2. The van der Waals surface area contributed by atoms with Gasteiger partial charge in [0.15, 0.2) is 5.82 Å². The van der Waals surface area contributed by atoms with Crippen LogP contribution in [-0.4, -0.2) is 26.2 Å². The third kappa shape index (κ3) is 1.71. The monoisotopic (exact) mass is 276 g/mol. The van der Waals surface area contributed by atoms with E-state index in [1.54, 1.807) is 4.57 Å². The van der Waals surface area contributed by atoms with Gasteiger partial charge in [-0.3, -0.25) is 0 Å². The van der Waals surface area contributed by atoms with E-state index in [1.165, 1.54) is 12.5 Å². The summed E-state index contributed by atoms with van der Waals surface area (Å²) in [5, 5.41) is 9.65. The van der Waals surface area contributed by atoms with Crippen molar-refractivity contribution in [1.82, 2.24) is 14.5 Å². The van der Waals surface area contributed by atoms with Crippen LogP contribution in [0.15, 0.2) is 24.2 Å². The van der Waals surface area contributed by atoms with E-state index in [9.17, 15) is 9.50 Å². The van der Waals surface area contributed by atoms with E-state index in [2.05, 4.69) is 23.8 Å². The fourth-order valence-corrected chi connectivity index (χ4v) is 2.98. The molecule has 3 atom stereocenters. The second-order valence-corrected chi connectivity index (χ2v) is 5.38. The molecule has 106 valence electrons. The summed E-state index contributed by atoms with van der Waals surface area (Å²) < 4.78 is 15.9. The van der Waals surface area contributed by atoms with Crippen molar-refractivity contribution in [2.75, 3.05) is 12.3 Å². The molecule has 1 aliphatic rings. The topological polar surface area (TPSA) is 77.0 Å². The first-order valence-corrected chi connectivity index (χ1v) is 6.62. The Balaban J connectivity index is 2.17. The highest BCUT2D eigenvalue weighted by molar-refractivity contribution is 5.86. The number of halogens is 1. The fourth-order valence-electron chi connectivity index (χ4n) is 2.98. The molecule has 5 nitrogen and oxygen atoms in total. The molecule has 0 radical (unpaired) electrons. The lowest BCUT2D eigenvalue weighted by Gasteiger charge is -2.21. The first-order valence-electron chi connectivity index (χ1n) is 6.62. The lowest BCUT2D eigenvalue weighted by Crippen LogP contribution is -2.16. The number of aliphatic hydroxyl groups excluding tert-OH is 1. The Kier molecular flexibility index (Phi) is 2.97. The van der Waals surface area contributed by atoms with Gasteiger partial charge in [0.25, 0.3) is 0 Å². The second kappa shape index (κ2) is 4.56. The Labute approximate surface area is 115 Å². The van der Waals surface area contributed by atoms with E-state index in [1.807, 2.05) is 6.08 Å². The number of hydrogen-bond donors (Lipinski definition) is 2. The van der Waals surface area contributed by atoms with Crippen LogP contribution < -0.4 is 5.73 Å². The zero-order valence-electron chi connectivity index (χ0n) is 11.4. The van der Waals surface area contributed by atoms with Gasteiger partial charge < -0.3 is 15.4 Å². The Hall–Kier alpha value is -1.95. The first kappa shape index (κ1) is 13.1. The van der Waals surface area contributed by atoms with Crippen LogP contribution in [0.4, 0.5) is 10.2 Å². The van der Waals surface area contributed by atoms with Gasteiger partial charge in [0.05, 0.1) is 18.0 Å². The molecule has 2 aromatic heterocycles. The van der Waals surface area contributed by atoms with Crippen molar-refractivity contribution in [2.24, 2.45) is 11.8 Å². The van der Waals surface area contributed by atoms with Crippen molar-refractivity contribution in [1.29, 1.82) is 0 Å². The molecule has 6 heteroatoms. The maximum atomic E-state index is 14.1. The summed E-state index contributed by atoms with van der Waals surface area (Å²) in [6.45, 7) is 4.18. The van der Waals surface area contributed by atoms with Crippen molar-refractivity contribution < 1.29 is 9.50 Å². The minimum Gasteiger partial charge on any atom is -0.392 e. The van der Waals surface area contributed by atoms with E-state index in [0.717, 1.165) is 5.57 Å². The summed E-state index contributed by atoms with van der Waals surface area (Å²) in [5.41, 5.74) is 7.20. The molecule has 1 unspecified atom stereocenters. The summed E-state index contributed by atoms with van der Waals surface area (Å²) in [7, 11) is 0. The molecular weight excluding hydrogens is 259 g/mol. The van der Waals surface area contributed by atoms with Crippen LogP contribution in [0.5, 0.6) is 0 Å². The third-order valence-electron chi connectivity index (χ3n) is 4.39. The van der Waals surface area contributed by atoms with Crippen molar-refractivity contribution >= 4 is 16.9 Å². The van der Waals surface area contributed by atoms with Gasteiger partial charge >= 0.3 is 0 Å². The van der Waals surface area contributed by atoms with E-state index >= 15 is 0 Å². The maximum Gasteiger partial charge on any atom is 0.154 e. The number of nitrogens with zero attached hydrogens (tertiary/aromatic N) is 3. The third-order valence-corrected chi connectivity index (χ3v) is 4.39. The van der Waals surface area contributed by atoms with Gasteiger partial charge in [-0.2, -0.15) is 0 Å². The van der Waals surface area contributed by atoms with E-state index < -0.39 is 5.82 Å². The van der Waals surface area contributed by atoms with Crippen LogP contribution in [0.25, 0.3) is 11.0 Å². The Bertz CT molecular complexity index is 694. The molecule has 20 heavy (non-hydrogen) atoms. The predicted molar refractivity (Wildman–Crippen MR) is 74.4 cm³/mol. The lowest BCUT2D eigenvalue weighted by molar-refractivity contribution is 0.301. The zero-order chi connectivity index (χ0) is 14.4. The highest BCUT2D eigenvalue weighted by Crippen LogP contribution is 2.40. The minimum absolute atomic E-state index is 0.0286. The quantitative estimate of drug-likeness (QED) is 0.821. The summed E-state index contributed by atoms with van der Waals surface area (Å²) in [5.74, 6) is 0.244. The van der Waals surface area contributed by atoms with Crippen molar-refractivity contribution in [3.63, 3.8) is 0 Å². The highest BCUT2D eigenvalue weighted by Gasteiger charge is 2.33. The molecule has 2 aromatic rings. The molecule has 0 aliphatic heterocycles. The molecular formula is C14H17FN4O. The number of rotatable bonds is 2. The molecule has 2 heterocycles. The summed E-state index contributed by atoms with van der Waals surface area (Å²) in [6, 6.07) is -0.0338. The number of hydrogen-bond acceptors (Lipinski definition) is 4. The van der Waals surface area contributed by atoms with Gasteiger partial charge in [-0.25, -0.2) is 14.4 Å². The van der Waals surface area contributed by atoms with Gasteiger partial charge in [-0.1, -0.05) is 19.9 Å². The number of fused-ring (bicyclic) bond motifs is 1. The Morgan fingerprint density at radius 1 is 1.40 bits per heavy atom. The van der Waals surface area contributed by atoms with Gasteiger partial charge in [-0.05, 0) is 17.4 Å². The van der Waals surface area contributed by atoms with Gasteiger partial charge in [0.2, 0.25) is 0 Å². The van der Waals surface area contributed by atoms with Gasteiger partial charge in [0.1, 0.15) is 17.8 Å². The fraction of sp³-hybridized carbons (Fsp3) is 0.429. The predicted octanol–water partition coefficient (Wildman–Crippen LogP) is 1.90. The van der Waals surface area contributed by atoms with Crippen LogP contribution in [-0.2, 0) is 0 Å². The van der Waals surface area contributed by atoms with Gasteiger partial charge in [0, 0.05) is 6.20 Å². The van der Waals surface area contributed by atoms with Crippen molar-refractivity contribution in [2.45, 2.75) is 19.9 Å². The minimum atomic E-state index is -0.413. The Morgan fingerprint density at radius 3 is 2.80 bits per heavy atom. The molecule has 0 aromatic carbocycles. The zero-order valence-corrected chi connectivity index (χ0v) is 11.4. The molecule has 0 amide bonds. The number of allylic oxidation sites excluding steroid dienone is 1. The summed E-state index contributed by atoms with van der Waals surface area (Å²) in [6.07, 6.45) is 4.75. The van der Waals surface area contributed by atoms with E-state index in [4.69, 9.17) is 5.73 Å². The largest absolute Gasteiger partial charge is 0.392 e. The molecule has 1 aliphatic carbocycles. The average Bonchev–Trinajstić information content (AvgIpc) is 2.90. The SMILES string of the molecule is CC1[C@H](n2cc(F)c3c(N)ncnc32)C=C(CO)[C@@H]1C. The summed E-state index contributed by atoms with van der Waals surface area (Å²) in [4.78, 5) is 7.99. The molecule has 0 saturated heterocycles. The molecule has 3 rings (SSSR count). The van der Waals surface area contributed by atoms with E-state index in [-0.39, 0.29) is 35.7 Å². The van der Waals surface area contributed by atoms with Crippen molar-refractivity contribution in [3.05, 3.63) is 30.0 Å². The smallest absolute Gasteiger partial charge is 0.154 e. The highest BCUT2D eigenvalue weighted by atomic mass is 19.1. The number of aliphatic hydroxyl groups is 1. The first-order chi connectivity index (χ1) is 9.54. The van der Waals surface area contributed by atoms with Crippen LogP contribution in [0.3, 0.4) is 0 Å². The van der Waals surface area contributed by atoms with Crippen LogP contribution in [0.1, 0.15) is 19.9 Å². The second-order valence-electron chi connectivity index (χ2n) is 5.38.